The van der Waals surface area contributed by atoms with E-state index in [9.17, 15) is 0 Å². The molecule has 0 bridgehead atoms. The van der Waals surface area contributed by atoms with Crippen molar-refractivity contribution in [2.45, 2.75) is 18.8 Å². The van der Waals surface area contributed by atoms with Crippen molar-refractivity contribution in [3.63, 3.8) is 0 Å². The second-order valence-electron chi connectivity index (χ2n) is 4.50. The molecule has 1 fully saturated rings. The highest BCUT2D eigenvalue weighted by molar-refractivity contribution is 6.32. The van der Waals surface area contributed by atoms with Gasteiger partial charge in [0.1, 0.15) is 5.82 Å². The van der Waals surface area contributed by atoms with Gasteiger partial charge in [-0.05, 0) is 38.1 Å². The maximum Gasteiger partial charge on any atom is 0.155 e. The van der Waals surface area contributed by atoms with E-state index in [1.165, 1.54) is 0 Å². The van der Waals surface area contributed by atoms with Crippen LogP contribution >= 0.6 is 11.6 Å². The van der Waals surface area contributed by atoms with E-state index in [0.717, 1.165) is 43.0 Å². The summed E-state index contributed by atoms with van der Waals surface area (Å²) < 4.78 is 2.06. The number of rotatable bonds is 1. The summed E-state index contributed by atoms with van der Waals surface area (Å²) in [5.41, 5.74) is 7.39. The first kappa shape index (κ1) is 10.9. The monoisotopic (exact) mass is 250 g/mol. The maximum absolute atomic E-state index is 6.17. The highest BCUT2D eigenvalue weighted by atomic mass is 35.5. The zero-order valence-corrected chi connectivity index (χ0v) is 10.2. The molecule has 1 aliphatic rings. The number of imidazole rings is 1. The van der Waals surface area contributed by atoms with Crippen molar-refractivity contribution in [2.24, 2.45) is 0 Å². The molecule has 0 atom stereocenters. The number of aromatic nitrogens is 2. The summed E-state index contributed by atoms with van der Waals surface area (Å²) in [4.78, 5) is 4.50. The molecule has 0 aromatic carbocycles. The fraction of sp³-hybridized carbons (Fsp3) is 0.417. The summed E-state index contributed by atoms with van der Waals surface area (Å²) in [7, 11) is 0. The fourth-order valence-electron chi connectivity index (χ4n) is 2.45. The SMILES string of the molecule is Nc1ccn2c(C3CCNCC3)nc(Cl)c2c1. The van der Waals surface area contributed by atoms with Gasteiger partial charge in [-0.25, -0.2) is 4.98 Å². The fourth-order valence-corrected chi connectivity index (χ4v) is 2.69. The van der Waals surface area contributed by atoms with Crippen LogP contribution in [0, 0.1) is 0 Å². The number of anilines is 1. The third-order valence-corrected chi connectivity index (χ3v) is 3.63. The van der Waals surface area contributed by atoms with Crippen LogP contribution in [0.4, 0.5) is 5.69 Å². The topological polar surface area (TPSA) is 55.4 Å². The minimum absolute atomic E-state index is 0.486. The molecule has 2 aromatic heterocycles. The lowest BCUT2D eigenvalue weighted by atomic mass is 9.97. The summed E-state index contributed by atoms with van der Waals surface area (Å²) >= 11 is 6.17. The van der Waals surface area contributed by atoms with Crippen molar-refractivity contribution in [1.29, 1.82) is 0 Å². The molecular formula is C12H15ClN4. The molecule has 0 spiro atoms. The maximum atomic E-state index is 6.17. The van der Waals surface area contributed by atoms with Gasteiger partial charge in [0.25, 0.3) is 0 Å². The van der Waals surface area contributed by atoms with Gasteiger partial charge in [0.15, 0.2) is 5.15 Å². The van der Waals surface area contributed by atoms with Gasteiger partial charge in [-0.1, -0.05) is 11.6 Å². The van der Waals surface area contributed by atoms with Crippen molar-refractivity contribution < 1.29 is 0 Å². The Kier molecular flexibility index (Phi) is 2.68. The number of piperidine rings is 1. The van der Waals surface area contributed by atoms with Crippen LogP contribution in [0.3, 0.4) is 0 Å². The van der Waals surface area contributed by atoms with E-state index >= 15 is 0 Å². The van der Waals surface area contributed by atoms with Crippen LogP contribution in [-0.4, -0.2) is 22.5 Å². The number of nitrogens with zero attached hydrogens (tertiary/aromatic N) is 2. The van der Waals surface area contributed by atoms with E-state index in [1.54, 1.807) is 0 Å². The zero-order valence-electron chi connectivity index (χ0n) is 9.49. The van der Waals surface area contributed by atoms with Gasteiger partial charge < -0.3 is 15.5 Å². The van der Waals surface area contributed by atoms with Crippen molar-refractivity contribution in [3.8, 4) is 0 Å². The largest absolute Gasteiger partial charge is 0.399 e. The van der Waals surface area contributed by atoms with Crippen molar-refractivity contribution in [1.82, 2.24) is 14.7 Å². The Hall–Kier alpha value is -1.26. The second-order valence-corrected chi connectivity index (χ2v) is 4.86. The van der Waals surface area contributed by atoms with Gasteiger partial charge in [-0.2, -0.15) is 0 Å². The third-order valence-electron chi connectivity index (χ3n) is 3.35. The normalized spacial score (nSPS) is 17.7. The number of pyridine rings is 1. The Morgan fingerprint density at radius 2 is 2.18 bits per heavy atom. The lowest BCUT2D eigenvalue weighted by Crippen LogP contribution is -2.27. The second kappa shape index (κ2) is 4.20. The highest BCUT2D eigenvalue weighted by Gasteiger charge is 2.21. The standard InChI is InChI=1S/C12H15ClN4/c13-11-10-7-9(14)3-6-17(10)12(16-11)8-1-4-15-5-2-8/h3,6-8,15H,1-2,4-5,14H2. The Bertz CT molecular complexity index is 543. The van der Waals surface area contributed by atoms with Gasteiger partial charge in [0, 0.05) is 17.8 Å². The predicted molar refractivity (Wildman–Crippen MR) is 69.5 cm³/mol. The molecule has 3 heterocycles. The molecule has 0 radical (unpaired) electrons. The summed E-state index contributed by atoms with van der Waals surface area (Å²) in [5.74, 6) is 1.55. The molecule has 17 heavy (non-hydrogen) atoms. The molecule has 4 nitrogen and oxygen atoms in total. The Labute approximate surface area is 105 Å². The highest BCUT2D eigenvalue weighted by Crippen LogP contribution is 2.29. The molecule has 0 unspecified atom stereocenters. The van der Waals surface area contributed by atoms with E-state index < -0.39 is 0 Å². The number of nitrogens with two attached hydrogens (primary N) is 1. The van der Waals surface area contributed by atoms with Crippen molar-refractivity contribution >= 4 is 22.8 Å². The van der Waals surface area contributed by atoms with E-state index in [2.05, 4.69) is 14.7 Å². The quantitative estimate of drug-likeness (QED) is 0.814. The Morgan fingerprint density at radius 3 is 2.94 bits per heavy atom. The lowest BCUT2D eigenvalue weighted by Gasteiger charge is -2.21. The summed E-state index contributed by atoms with van der Waals surface area (Å²) in [6.45, 7) is 2.10. The van der Waals surface area contributed by atoms with Gasteiger partial charge in [-0.15, -0.1) is 0 Å². The van der Waals surface area contributed by atoms with Crippen LogP contribution in [0.15, 0.2) is 18.3 Å². The zero-order chi connectivity index (χ0) is 11.8. The molecule has 0 saturated carbocycles. The third kappa shape index (κ3) is 1.87. The molecule has 1 aliphatic heterocycles. The molecular weight excluding hydrogens is 236 g/mol. The van der Waals surface area contributed by atoms with Gasteiger partial charge >= 0.3 is 0 Å². The number of hydrogen-bond acceptors (Lipinski definition) is 3. The molecule has 0 aliphatic carbocycles. The smallest absolute Gasteiger partial charge is 0.155 e. The van der Waals surface area contributed by atoms with E-state index in [0.29, 0.717) is 11.1 Å². The first-order chi connectivity index (χ1) is 8.25. The number of hydrogen-bond donors (Lipinski definition) is 2. The average Bonchev–Trinajstić information content (AvgIpc) is 2.68. The number of nitrogens with one attached hydrogen (secondary N) is 1. The summed E-state index contributed by atoms with van der Waals surface area (Å²) in [6, 6.07) is 3.76. The van der Waals surface area contributed by atoms with Crippen molar-refractivity contribution in [2.75, 3.05) is 18.8 Å². The molecule has 2 aromatic rings. The molecule has 0 amide bonds. The molecule has 90 valence electrons. The number of halogens is 1. The van der Waals surface area contributed by atoms with E-state index in [4.69, 9.17) is 17.3 Å². The number of nitrogen functional groups attached to an aromatic ring is 1. The van der Waals surface area contributed by atoms with Crippen LogP contribution in [0.5, 0.6) is 0 Å². The first-order valence-corrected chi connectivity index (χ1v) is 6.27. The van der Waals surface area contributed by atoms with Gasteiger partial charge in [0.2, 0.25) is 0 Å². The van der Waals surface area contributed by atoms with Gasteiger partial charge in [0.05, 0.1) is 5.52 Å². The van der Waals surface area contributed by atoms with Crippen molar-refractivity contribution in [3.05, 3.63) is 29.3 Å². The van der Waals surface area contributed by atoms with Crippen LogP contribution in [0.2, 0.25) is 5.15 Å². The van der Waals surface area contributed by atoms with Crippen LogP contribution < -0.4 is 11.1 Å². The van der Waals surface area contributed by atoms with E-state index in [1.807, 2.05) is 18.3 Å². The molecule has 3 rings (SSSR count). The number of fused-ring (bicyclic) bond motifs is 1. The van der Waals surface area contributed by atoms with Crippen LogP contribution in [-0.2, 0) is 0 Å². The van der Waals surface area contributed by atoms with Gasteiger partial charge in [-0.3, -0.25) is 0 Å². The summed E-state index contributed by atoms with van der Waals surface area (Å²) in [5, 5.41) is 3.91. The minimum Gasteiger partial charge on any atom is -0.399 e. The predicted octanol–water partition coefficient (Wildman–Crippen LogP) is 2.04. The minimum atomic E-state index is 0.486. The Morgan fingerprint density at radius 1 is 1.41 bits per heavy atom. The Balaban J connectivity index is 2.10. The first-order valence-electron chi connectivity index (χ1n) is 5.89. The molecule has 5 heteroatoms. The van der Waals surface area contributed by atoms with Crippen LogP contribution in [0.1, 0.15) is 24.6 Å². The van der Waals surface area contributed by atoms with E-state index in [-0.39, 0.29) is 0 Å². The molecule has 1 saturated heterocycles. The molecule has 3 N–H and O–H groups in total. The summed E-state index contributed by atoms with van der Waals surface area (Å²) in [6.07, 6.45) is 4.18. The lowest BCUT2D eigenvalue weighted by molar-refractivity contribution is 0.444. The average molecular weight is 251 g/mol. The van der Waals surface area contributed by atoms with Crippen LogP contribution in [0.25, 0.3) is 5.52 Å².